The van der Waals surface area contributed by atoms with Crippen LogP contribution in [-0.4, -0.2) is 16.8 Å². The van der Waals surface area contributed by atoms with Gasteiger partial charge in [0.2, 0.25) is 5.82 Å². The Morgan fingerprint density at radius 1 is 0.788 bits per heavy atom. The van der Waals surface area contributed by atoms with E-state index in [1.807, 2.05) is 6.07 Å². The number of aryl methyl sites for hydroxylation is 1. The Hall–Kier alpha value is -2.04. The smallest absolute Gasteiger partial charge is 0.201 e. The first-order valence-electron chi connectivity index (χ1n) is 13.1. The third-order valence-electron chi connectivity index (χ3n) is 7.02. The van der Waals surface area contributed by atoms with Gasteiger partial charge in [0, 0.05) is 5.56 Å². The SMILES string of the molecule is CCCCCCCOc1ccc(-c2ccc(CCC3CCC(CCC)CC3)nn2)c(F)c1F. The monoisotopic (exact) mass is 458 g/mol. The first-order valence-corrected chi connectivity index (χ1v) is 13.1. The summed E-state index contributed by atoms with van der Waals surface area (Å²) >= 11 is 0. The van der Waals surface area contributed by atoms with Gasteiger partial charge in [-0.05, 0) is 55.4 Å². The summed E-state index contributed by atoms with van der Waals surface area (Å²) in [5.74, 6) is -0.228. The summed E-state index contributed by atoms with van der Waals surface area (Å²) in [5, 5.41) is 8.48. The highest BCUT2D eigenvalue weighted by molar-refractivity contribution is 5.61. The van der Waals surface area contributed by atoms with Gasteiger partial charge in [0.15, 0.2) is 11.6 Å². The number of unbranched alkanes of at least 4 members (excludes halogenated alkanes) is 4. The van der Waals surface area contributed by atoms with Gasteiger partial charge in [-0.25, -0.2) is 4.39 Å². The summed E-state index contributed by atoms with van der Waals surface area (Å²) in [6.07, 6.45) is 15.4. The van der Waals surface area contributed by atoms with Gasteiger partial charge in [0.05, 0.1) is 18.0 Å². The Balaban J connectivity index is 1.50. The van der Waals surface area contributed by atoms with Gasteiger partial charge in [-0.3, -0.25) is 0 Å². The second-order valence-corrected chi connectivity index (χ2v) is 9.63. The van der Waals surface area contributed by atoms with Crippen LogP contribution >= 0.6 is 0 Å². The lowest BCUT2D eigenvalue weighted by Gasteiger charge is -2.28. The van der Waals surface area contributed by atoms with E-state index < -0.39 is 11.6 Å². The first kappa shape index (κ1) is 25.6. The average molecular weight is 459 g/mol. The molecular weight excluding hydrogens is 418 g/mol. The average Bonchev–Trinajstić information content (AvgIpc) is 2.84. The Morgan fingerprint density at radius 3 is 2.18 bits per heavy atom. The van der Waals surface area contributed by atoms with Crippen LogP contribution < -0.4 is 4.74 Å². The summed E-state index contributed by atoms with van der Waals surface area (Å²) in [6.45, 7) is 4.83. The minimum Gasteiger partial charge on any atom is -0.490 e. The maximum Gasteiger partial charge on any atom is 0.201 e. The molecule has 0 atom stereocenters. The number of benzene rings is 1. The Morgan fingerprint density at radius 2 is 1.52 bits per heavy atom. The molecule has 0 bridgehead atoms. The third kappa shape index (κ3) is 7.75. The molecule has 1 aromatic carbocycles. The van der Waals surface area contributed by atoms with Crippen molar-refractivity contribution >= 4 is 0 Å². The fourth-order valence-corrected chi connectivity index (χ4v) is 4.93. The highest BCUT2D eigenvalue weighted by Crippen LogP contribution is 2.34. The molecule has 0 N–H and O–H groups in total. The molecule has 0 aliphatic heterocycles. The zero-order chi connectivity index (χ0) is 23.5. The number of nitrogens with zero attached hydrogens (tertiary/aromatic N) is 2. The van der Waals surface area contributed by atoms with E-state index in [1.54, 1.807) is 6.07 Å². The quantitative estimate of drug-likeness (QED) is 0.283. The Bertz CT molecular complexity index is 833. The van der Waals surface area contributed by atoms with Crippen molar-refractivity contribution in [1.29, 1.82) is 0 Å². The maximum atomic E-state index is 14.7. The van der Waals surface area contributed by atoms with Crippen LogP contribution in [0.2, 0.25) is 0 Å². The van der Waals surface area contributed by atoms with Crippen LogP contribution in [-0.2, 0) is 6.42 Å². The van der Waals surface area contributed by atoms with E-state index in [0.29, 0.717) is 12.3 Å². The maximum absolute atomic E-state index is 14.7. The van der Waals surface area contributed by atoms with Crippen molar-refractivity contribution in [3.8, 4) is 17.0 Å². The summed E-state index contributed by atoms with van der Waals surface area (Å²) in [7, 11) is 0. The van der Waals surface area contributed by atoms with Crippen molar-refractivity contribution in [2.75, 3.05) is 6.61 Å². The van der Waals surface area contributed by atoms with E-state index >= 15 is 0 Å². The van der Waals surface area contributed by atoms with Gasteiger partial charge < -0.3 is 4.74 Å². The number of ether oxygens (including phenoxy) is 1. The van der Waals surface area contributed by atoms with Crippen LogP contribution in [0, 0.1) is 23.5 Å². The van der Waals surface area contributed by atoms with Crippen LogP contribution in [0.5, 0.6) is 5.75 Å². The van der Waals surface area contributed by atoms with Gasteiger partial charge in [-0.2, -0.15) is 14.6 Å². The molecule has 0 saturated heterocycles. The van der Waals surface area contributed by atoms with Crippen molar-refractivity contribution in [1.82, 2.24) is 10.2 Å². The second-order valence-electron chi connectivity index (χ2n) is 9.63. The van der Waals surface area contributed by atoms with Crippen molar-refractivity contribution < 1.29 is 13.5 Å². The molecule has 3 rings (SSSR count). The number of aromatic nitrogens is 2. The van der Waals surface area contributed by atoms with Crippen LogP contribution in [0.4, 0.5) is 8.78 Å². The van der Waals surface area contributed by atoms with Crippen LogP contribution in [0.3, 0.4) is 0 Å². The number of halogens is 2. The molecule has 1 aliphatic carbocycles. The fraction of sp³-hybridized carbons (Fsp3) is 0.643. The molecule has 2 aromatic rings. The molecule has 1 heterocycles. The lowest BCUT2D eigenvalue weighted by atomic mass is 9.78. The summed E-state index contributed by atoms with van der Waals surface area (Å²) in [4.78, 5) is 0. The minimum atomic E-state index is -0.953. The number of rotatable bonds is 13. The van der Waals surface area contributed by atoms with E-state index in [9.17, 15) is 8.78 Å². The van der Waals surface area contributed by atoms with Gasteiger partial charge in [0.25, 0.3) is 0 Å². The number of hydrogen-bond acceptors (Lipinski definition) is 3. The lowest BCUT2D eigenvalue weighted by Crippen LogP contribution is -2.15. The fourth-order valence-electron chi connectivity index (χ4n) is 4.93. The van der Waals surface area contributed by atoms with E-state index in [2.05, 4.69) is 24.0 Å². The van der Waals surface area contributed by atoms with Gasteiger partial charge >= 0.3 is 0 Å². The molecule has 0 radical (unpaired) electrons. The van der Waals surface area contributed by atoms with Gasteiger partial charge in [0.1, 0.15) is 0 Å². The third-order valence-corrected chi connectivity index (χ3v) is 7.02. The molecule has 1 saturated carbocycles. The van der Waals surface area contributed by atoms with Crippen LogP contribution in [0.25, 0.3) is 11.3 Å². The molecule has 1 aromatic heterocycles. The van der Waals surface area contributed by atoms with Crippen molar-refractivity contribution in [3.63, 3.8) is 0 Å². The molecule has 1 aliphatic rings. The molecular formula is C28H40F2N2O. The van der Waals surface area contributed by atoms with Crippen molar-refractivity contribution in [2.45, 2.75) is 97.3 Å². The molecule has 0 amide bonds. The largest absolute Gasteiger partial charge is 0.490 e. The highest BCUT2D eigenvalue weighted by Gasteiger charge is 2.21. The van der Waals surface area contributed by atoms with Gasteiger partial charge in [-0.1, -0.05) is 78.1 Å². The predicted octanol–water partition coefficient (Wildman–Crippen LogP) is 8.31. The summed E-state index contributed by atoms with van der Waals surface area (Å²) < 4.78 is 34.7. The lowest BCUT2D eigenvalue weighted by molar-refractivity contribution is 0.252. The van der Waals surface area contributed by atoms with E-state index in [1.165, 1.54) is 63.5 Å². The molecule has 5 heteroatoms. The van der Waals surface area contributed by atoms with Crippen molar-refractivity contribution in [3.05, 3.63) is 41.6 Å². The van der Waals surface area contributed by atoms with E-state index in [-0.39, 0.29) is 11.3 Å². The summed E-state index contributed by atoms with van der Waals surface area (Å²) in [6, 6.07) is 6.66. The standard InChI is InChI=1S/C28H40F2N2O/c1-3-5-6-7-8-20-33-26-19-17-24(27(29)28(26)30)25-18-16-23(31-32-25)15-14-22-12-10-21(9-4-2)11-13-22/h16-19,21-22H,3-15,20H2,1-2H3. The highest BCUT2D eigenvalue weighted by atomic mass is 19.2. The van der Waals surface area contributed by atoms with E-state index in [4.69, 9.17) is 4.74 Å². The van der Waals surface area contributed by atoms with Crippen LogP contribution in [0.15, 0.2) is 24.3 Å². The zero-order valence-electron chi connectivity index (χ0n) is 20.4. The van der Waals surface area contributed by atoms with Crippen molar-refractivity contribution in [2.24, 2.45) is 11.8 Å². The second kappa shape index (κ2) is 13.6. The van der Waals surface area contributed by atoms with E-state index in [0.717, 1.165) is 49.6 Å². The summed E-state index contributed by atoms with van der Waals surface area (Å²) in [5.41, 5.74) is 1.38. The topological polar surface area (TPSA) is 35.0 Å². The molecule has 33 heavy (non-hydrogen) atoms. The molecule has 182 valence electrons. The minimum absolute atomic E-state index is 0.0371. The molecule has 1 fully saturated rings. The zero-order valence-corrected chi connectivity index (χ0v) is 20.4. The van der Waals surface area contributed by atoms with Gasteiger partial charge in [-0.15, -0.1) is 0 Å². The van der Waals surface area contributed by atoms with Crippen LogP contribution in [0.1, 0.15) is 96.6 Å². The predicted molar refractivity (Wildman–Crippen MR) is 130 cm³/mol. The molecule has 3 nitrogen and oxygen atoms in total. The Kier molecular flexibility index (Phi) is 10.6. The number of hydrogen-bond donors (Lipinski definition) is 0. The molecule has 0 spiro atoms. The molecule has 0 unspecified atom stereocenters. The first-order chi connectivity index (χ1) is 16.1. The normalized spacial score (nSPS) is 18.4. The Labute approximate surface area is 198 Å².